The van der Waals surface area contributed by atoms with Crippen molar-refractivity contribution in [2.45, 2.75) is 17.4 Å². The van der Waals surface area contributed by atoms with Crippen molar-refractivity contribution in [3.63, 3.8) is 0 Å². The van der Waals surface area contributed by atoms with Crippen LogP contribution in [0, 0.1) is 11.8 Å². The third-order valence-electron chi connectivity index (χ3n) is 5.61. The Bertz CT molecular complexity index is 1460. The van der Waals surface area contributed by atoms with E-state index in [9.17, 15) is 9.59 Å². The van der Waals surface area contributed by atoms with Crippen LogP contribution in [0.4, 0.5) is 5.69 Å². The van der Waals surface area contributed by atoms with Gasteiger partial charge in [0.25, 0.3) is 5.91 Å². The molecule has 0 saturated heterocycles. The van der Waals surface area contributed by atoms with E-state index in [1.807, 2.05) is 66.7 Å². The molecule has 2 amide bonds. The Labute approximate surface area is 212 Å². The molecule has 0 aliphatic carbocycles. The van der Waals surface area contributed by atoms with Gasteiger partial charge in [-0.2, -0.15) is 0 Å². The molecular formula is C27H22N6O2S. The molecule has 0 radical (unpaired) electrons. The molecule has 36 heavy (non-hydrogen) atoms. The Balaban J connectivity index is 1.28. The average molecular weight is 495 g/mol. The molecule has 4 aromatic rings. The van der Waals surface area contributed by atoms with Gasteiger partial charge in [-0.05, 0) is 41.8 Å². The minimum absolute atomic E-state index is 0.00947. The van der Waals surface area contributed by atoms with Crippen LogP contribution in [0.5, 0.6) is 0 Å². The predicted octanol–water partition coefficient (Wildman–Crippen LogP) is 3.06. The number of nitrogens with one attached hydrogen (secondary N) is 2. The monoisotopic (exact) mass is 494 g/mol. The number of thioether (sulfide) groups is 1. The maximum atomic E-state index is 13.2. The smallest absolute Gasteiger partial charge is 0.291 e. The summed E-state index contributed by atoms with van der Waals surface area (Å²) in [4.78, 5) is 37.1. The lowest BCUT2D eigenvalue weighted by molar-refractivity contribution is -0.119. The molecule has 1 aliphatic heterocycles. The SMILES string of the molecule is CN1C(=O)[C@@H](NC(=O)c2n[nH]c(Cc3ccccc3)n2)CSc2ccc(C#Cc3ccccn3)cc21. The lowest BCUT2D eigenvalue weighted by Crippen LogP contribution is -2.48. The van der Waals surface area contributed by atoms with E-state index in [-0.39, 0.29) is 11.7 Å². The quantitative estimate of drug-likeness (QED) is 0.423. The van der Waals surface area contributed by atoms with Crippen LogP contribution in [0.3, 0.4) is 0 Å². The predicted molar refractivity (Wildman–Crippen MR) is 138 cm³/mol. The summed E-state index contributed by atoms with van der Waals surface area (Å²) < 4.78 is 0. The molecular weight excluding hydrogens is 472 g/mol. The lowest BCUT2D eigenvalue weighted by Gasteiger charge is -2.21. The van der Waals surface area contributed by atoms with Gasteiger partial charge in [-0.15, -0.1) is 16.9 Å². The number of hydrogen-bond donors (Lipinski definition) is 2. The van der Waals surface area contributed by atoms with Crippen LogP contribution >= 0.6 is 11.8 Å². The molecule has 3 heterocycles. The minimum Gasteiger partial charge on any atom is -0.337 e. The molecule has 0 unspecified atom stereocenters. The molecule has 178 valence electrons. The molecule has 8 nitrogen and oxygen atoms in total. The number of carbonyl (C=O) groups excluding carboxylic acids is 2. The van der Waals surface area contributed by atoms with Gasteiger partial charge in [0.1, 0.15) is 17.6 Å². The van der Waals surface area contributed by atoms with E-state index >= 15 is 0 Å². The van der Waals surface area contributed by atoms with E-state index in [1.165, 1.54) is 11.8 Å². The Morgan fingerprint density at radius 3 is 2.78 bits per heavy atom. The maximum absolute atomic E-state index is 13.2. The fourth-order valence-corrected chi connectivity index (χ4v) is 4.82. The van der Waals surface area contributed by atoms with E-state index in [0.29, 0.717) is 23.7 Å². The number of amides is 2. The fraction of sp³-hybridized carbons (Fsp3) is 0.148. The van der Waals surface area contributed by atoms with E-state index in [4.69, 9.17) is 0 Å². The highest BCUT2D eigenvalue weighted by Gasteiger charge is 2.31. The Morgan fingerprint density at radius 2 is 1.97 bits per heavy atom. The number of H-pyrrole nitrogens is 1. The van der Waals surface area contributed by atoms with Gasteiger partial charge >= 0.3 is 0 Å². The largest absolute Gasteiger partial charge is 0.337 e. The Hall–Kier alpha value is -4.42. The molecule has 9 heteroatoms. The first kappa shape index (κ1) is 23.3. The number of anilines is 1. The minimum atomic E-state index is -0.723. The van der Waals surface area contributed by atoms with Crippen LogP contribution in [0.25, 0.3) is 0 Å². The summed E-state index contributed by atoms with van der Waals surface area (Å²) in [6, 6.07) is 20.4. The van der Waals surface area contributed by atoms with Crippen LogP contribution in [-0.4, -0.2) is 50.8 Å². The molecule has 2 aromatic heterocycles. The summed E-state index contributed by atoms with van der Waals surface area (Å²) in [7, 11) is 1.70. The summed E-state index contributed by atoms with van der Waals surface area (Å²) in [6.07, 6.45) is 2.23. The molecule has 2 N–H and O–H groups in total. The molecule has 1 aliphatic rings. The number of nitrogens with zero attached hydrogens (tertiary/aromatic N) is 4. The zero-order valence-electron chi connectivity index (χ0n) is 19.4. The molecule has 5 rings (SSSR count). The second-order valence-corrected chi connectivity index (χ2v) is 9.21. The number of aromatic nitrogens is 4. The summed E-state index contributed by atoms with van der Waals surface area (Å²) in [5.74, 6) is 6.40. The van der Waals surface area contributed by atoms with Gasteiger partial charge in [0, 0.05) is 35.9 Å². The first-order valence-electron chi connectivity index (χ1n) is 11.3. The molecule has 0 fully saturated rings. The van der Waals surface area contributed by atoms with Crippen LogP contribution in [0.15, 0.2) is 77.8 Å². The van der Waals surface area contributed by atoms with Crippen molar-refractivity contribution in [2.75, 3.05) is 17.7 Å². The zero-order valence-corrected chi connectivity index (χ0v) is 20.2. The number of aromatic amines is 1. The molecule has 0 spiro atoms. The van der Waals surface area contributed by atoms with Crippen molar-refractivity contribution < 1.29 is 9.59 Å². The number of rotatable bonds is 4. The Kier molecular flexibility index (Phi) is 6.78. The normalized spacial score (nSPS) is 14.9. The second-order valence-electron chi connectivity index (χ2n) is 8.15. The first-order chi connectivity index (χ1) is 17.6. The van der Waals surface area contributed by atoms with E-state index in [2.05, 4.69) is 37.3 Å². The number of carbonyl (C=O) groups is 2. The van der Waals surface area contributed by atoms with Crippen LogP contribution in [0.1, 0.15) is 33.3 Å². The van der Waals surface area contributed by atoms with Crippen LogP contribution < -0.4 is 10.2 Å². The van der Waals surface area contributed by atoms with E-state index in [0.717, 1.165) is 21.7 Å². The first-order valence-corrected chi connectivity index (χ1v) is 12.3. The summed E-state index contributed by atoms with van der Waals surface area (Å²) in [5, 5.41) is 9.65. The summed E-state index contributed by atoms with van der Waals surface area (Å²) in [5.41, 5.74) is 3.25. The van der Waals surface area contributed by atoms with Crippen LogP contribution in [0.2, 0.25) is 0 Å². The summed E-state index contributed by atoms with van der Waals surface area (Å²) >= 11 is 1.51. The number of fused-ring (bicyclic) bond motifs is 1. The molecule has 2 aromatic carbocycles. The number of hydrogen-bond acceptors (Lipinski definition) is 6. The summed E-state index contributed by atoms with van der Waals surface area (Å²) in [6.45, 7) is 0. The van der Waals surface area contributed by atoms with Crippen molar-refractivity contribution in [1.29, 1.82) is 0 Å². The molecule has 1 atom stereocenters. The fourth-order valence-electron chi connectivity index (χ4n) is 3.74. The highest BCUT2D eigenvalue weighted by molar-refractivity contribution is 7.99. The maximum Gasteiger partial charge on any atom is 0.291 e. The third kappa shape index (κ3) is 5.29. The molecule has 0 saturated carbocycles. The lowest BCUT2D eigenvalue weighted by atomic mass is 10.1. The zero-order chi connectivity index (χ0) is 24.9. The van der Waals surface area contributed by atoms with E-state index < -0.39 is 11.9 Å². The van der Waals surface area contributed by atoms with Gasteiger partial charge in [-0.1, -0.05) is 42.3 Å². The second kappa shape index (κ2) is 10.5. The van der Waals surface area contributed by atoms with Gasteiger partial charge in [0.05, 0.1) is 5.69 Å². The average Bonchev–Trinajstić information content (AvgIpc) is 3.35. The topological polar surface area (TPSA) is 104 Å². The van der Waals surface area contributed by atoms with Crippen molar-refractivity contribution >= 4 is 29.3 Å². The van der Waals surface area contributed by atoms with E-state index in [1.54, 1.807) is 18.1 Å². The Morgan fingerprint density at radius 1 is 1.14 bits per heavy atom. The standard InChI is InChI=1S/C27H22N6O2S/c1-33-22-15-19(10-12-20-9-5-6-14-28-20)11-13-23(22)36-17-21(27(33)35)29-26(34)25-30-24(31-32-25)16-18-7-3-2-4-8-18/h2-9,11,13-15,21H,16-17H2,1H3,(H,29,34)(H,30,31,32)/t21-/m0/s1. The van der Waals surface area contributed by atoms with Crippen LogP contribution in [-0.2, 0) is 11.2 Å². The van der Waals surface area contributed by atoms with Crippen molar-refractivity contribution in [3.8, 4) is 11.8 Å². The van der Waals surface area contributed by atoms with Gasteiger partial charge < -0.3 is 10.2 Å². The number of benzene rings is 2. The number of likely N-dealkylation sites (N-methyl/N-ethyl adjacent to an activating group) is 1. The van der Waals surface area contributed by atoms with Gasteiger partial charge in [0.2, 0.25) is 11.7 Å². The third-order valence-corrected chi connectivity index (χ3v) is 6.77. The number of pyridine rings is 1. The molecule has 0 bridgehead atoms. The van der Waals surface area contributed by atoms with Crippen molar-refractivity contribution in [1.82, 2.24) is 25.5 Å². The van der Waals surface area contributed by atoms with Crippen molar-refractivity contribution in [2.24, 2.45) is 0 Å². The van der Waals surface area contributed by atoms with Gasteiger partial charge in [0.15, 0.2) is 0 Å². The highest BCUT2D eigenvalue weighted by atomic mass is 32.2. The van der Waals surface area contributed by atoms with Gasteiger partial charge in [-0.25, -0.2) is 9.97 Å². The van der Waals surface area contributed by atoms with Crippen molar-refractivity contribution in [3.05, 3.63) is 101 Å². The van der Waals surface area contributed by atoms with Gasteiger partial charge in [-0.3, -0.25) is 14.7 Å². The highest BCUT2D eigenvalue weighted by Crippen LogP contribution is 2.34.